The summed E-state index contributed by atoms with van der Waals surface area (Å²) in [5.41, 5.74) is 0. The van der Waals surface area contributed by atoms with Crippen molar-refractivity contribution < 1.29 is 18.0 Å². The summed E-state index contributed by atoms with van der Waals surface area (Å²) in [5, 5.41) is 0. The van der Waals surface area contributed by atoms with Gasteiger partial charge in [-0.1, -0.05) is 0 Å². The Bertz CT molecular complexity index is 219. The summed E-state index contributed by atoms with van der Waals surface area (Å²) in [6.07, 6.45) is -2.76. The van der Waals surface area contributed by atoms with Crippen molar-refractivity contribution in [1.29, 1.82) is 0 Å². The molecule has 0 aliphatic carbocycles. The Labute approximate surface area is 94.0 Å². The first kappa shape index (κ1) is 12.2. The van der Waals surface area contributed by atoms with Gasteiger partial charge in [0.2, 0.25) is 0 Å². The Morgan fingerprint density at radius 3 is 2.64 bits per heavy atom. The van der Waals surface area contributed by atoms with Gasteiger partial charge in [-0.15, -0.1) is 0 Å². The highest BCUT2D eigenvalue weighted by molar-refractivity contribution is 14.1. The van der Waals surface area contributed by atoms with Gasteiger partial charge in [0.25, 0.3) is 0 Å². The van der Waals surface area contributed by atoms with Crippen LogP contribution in [0.5, 0.6) is 0 Å². The number of hydrogen-bond acceptors (Lipinski definition) is 2. The molecule has 1 heterocycles. The second-order valence-electron chi connectivity index (χ2n) is 3.49. The van der Waals surface area contributed by atoms with E-state index in [2.05, 4.69) is 0 Å². The number of rotatable bonds is 2. The molecule has 6 heteroatoms. The van der Waals surface area contributed by atoms with E-state index in [0.29, 0.717) is 13.0 Å². The van der Waals surface area contributed by atoms with Crippen LogP contribution < -0.4 is 0 Å². The highest BCUT2D eigenvalue weighted by Crippen LogP contribution is 2.23. The molecule has 0 N–H and O–H groups in total. The SMILES string of the molecule is O=C(I)C1CCCN(CC(F)(F)F)C1. The van der Waals surface area contributed by atoms with Crippen LogP contribution in [0.2, 0.25) is 0 Å². The van der Waals surface area contributed by atoms with Gasteiger partial charge in [0.1, 0.15) is 0 Å². The van der Waals surface area contributed by atoms with Crippen LogP contribution in [0.4, 0.5) is 13.2 Å². The molecule has 1 rings (SSSR count). The first-order chi connectivity index (χ1) is 6.38. The van der Waals surface area contributed by atoms with Crippen LogP contribution in [0, 0.1) is 5.92 Å². The van der Waals surface area contributed by atoms with Crippen LogP contribution in [0.1, 0.15) is 12.8 Å². The minimum Gasteiger partial charge on any atom is -0.294 e. The summed E-state index contributed by atoms with van der Waals surface area (Å²) >= 11 is 1.66. The van der Waals surface area contributed by atoms with Crippen molar-refractivity contribution in [3.63, 3.8) is 0 Å². The average molecular weight is 321 g/mol. The van der Waals surface area contributed by atoms with Crippen LogP contribution in [0.25, 0.3) is 0 Å². The monoisotopic (exact) mass is 321 g/mol. The standard InChI is InChI=1S/C8H11F3INO/c9-8(10,11)5-13-3-1-2-6(4-13)7(12)14/h6H,1-5H2. The molecule has 1 saturated heterocycles. The maximum Gasteiger partial charge on any atom is 0.401 e. The topological polar surface area (TPSA) is 20.3 Å². The van der Waals surface area contributed by atoms with Crippen molar-refractivity contribution in [3.8, 4) is 0 Å². The number of piperidine rings is 1. The predicted octanol–water partition coefficient (Wildman–Crippen LogP) is 2.22. The van der Waals surface area contributed by atoms with Gasteiger partial charge in [-0.3, -0.25) is 9.69 Å². The smallest absolute Gasteiger partial charge is 0.294 e. The van der Waals surface area contributed by atoms with Crippen LogP contribution in [0.3, 0.4) is 0 Å². The van der Waals surface area contributed by atoms with Crippen LogP contribution in [-0.2, 0) is 4.79 Å². The van der Waals surface area contributed by atoms with Gasteiger partial charge < -0.3 is 0 Å². The predicted molar refractivity (Wildman–Crippen MR) is 54.2 cm³/mol. The van der Waals surface area contributed by atoms with Gasteiger partial charge in [0, 0.05) is 12.5 Å². The van der Waals surface area contributed by atoms with Gasteiger partial charge in [-0.25, -0.2) is 0 Å². The second kappa shape index (κ2) is 4.78. The zero-order valence-electron chi connectivity index (χ0n) is 7.48. The number of alkyl halides is 3. The molecular weight excluding hydrogens is 310 g/mol. The molecule has 1 aliphatic rings. The van der Waals surface area contributed by atoms with Crippen molar-refractivity contribution in [3.05, 3.63) is 0 Å². The van der Waals surface area contributed by atoms with Crippen LogP contribution >= 0.6 is 22.6 Å². The Morgan fingerprint density at radius 1 is 1.50 bits per heavy atom. The number of nitrogens with zero attached hydrogens (tertiary/aromatic N) is 1. The first-order valence-electron chi connectivity index (χ1n) is 4.37. The minimum atomic E-state index is -4.16. The minimum absolute atomic E-state index is 0.0329. The van der Waals surface area contributed by atoms with Crippen LogP contribution in [-0.4, -0.2) is 34.5 Å². The summed E-state index contributed by atoms with van der Waals surface area (Å²) in [6, 6.07) is 0. The molecule has 82 valence electrons. The van der Waals surface area contributed by atoms with E-state index in [0.717, 1.165) is 6.42 Å². The Balaban J connectivity index is 2.44. The fourth-order valence-electron chi connectivity index (χ4n) is 1.64. The van der Waals surface area contributed by atoms with E-state index in [1.807, 2.05) is 0 Å². The molecule has 0 aromatic heterocycles. The van der Waals surface area contributed by atoms with Gasteiger partial charge in [-0.05, 0) is 42.0 Å². The maximum absolute atomic E-state index is 12.0. The first-order valence-corrected chi connectivity index (χ1v) is 5.45. The molecule has 0 bridgehead atoms. The summed E-state index contributed by atoms with van der Waals surface area (Å²) in [4.78, 5) is 12.3. The number of likely N-dealkylation sites (tertiary alicyclic amines) is 1. The quantitative estimate of drug-likeness (QED) is 0.574. The third-order valence-corrected chi connectivity index (χ3v) is 3.11. The lowest BCUT2D eigenvalue weighted by Crippen LogP contribution is -2.42. The fourth-order valence-corrected chi connectivity index (χ4v) is 2.15. The van der Waals surface area contributed by atoms with E-state index in [1.165, 1.54) is 4.90 Å². The molecule has 14 heavy (non-hydrogen) atoms. The summed E-state index contributed by atoms with van der Waals surface area (Å²) in [7, 11) is 0. The molecule has 1 aliphatic heterocycles. The molecule has 1 fully saturated rings. The van der Waals surface area contributed by atoms with Gasteiger partial charge in [0.05, 0.1) is 6.54 Å². The van der Waals surface area contributed by atoms with E-state index >= 15 is 0 Å². The normalized spacial score (nSPS) is 25.0. The number of hydrogen-bond donors (Lipinski definition) is 0. The van der Waals surface area contributed by atoms with Crippen molar-refractivity contribution in [1.82, 2.24) is 4.90 Å². The molecule has 2 nitrogen and oxygen atoms in total. The molecule has 0 spiro atoms. The zero-order valence-corrected chi connectivity index (χ0v) is 9.64. The Kier molecular flexibility index (Phi) is 4.17. The van der Waals surface area contributed by atoms with Crippen molar-refractivity contribution in [2.45, 2.75) is 19.0 Å². The van der Waals surface area contributed by atoms with Crippen molar-refractivity contribution >= 4 is 26.4 Å². The number of carbonyl (C=O) groups is 1. The largest absolute Gasteiger partial charge is 0.401 e. The van der Waals surface area contributed by atoms with E-state index in [1.54, 1.807) is 22.6 Å². The Hall–Kier alpha value is 0.150. The lowest BCUT2D eigenvalue weighted by molar-refractivity contribution is -0.150. The number of carbonyl (C=O) groups excluding carboxylic acids is 1. The Morgan fingerprint density at radius 2 is 2.14 bits per heavy atom. The molecule has 0 aromatic rings. The lowest BCUT2D eigenvalue weighted by Gasteiger charge is -2.31. The van der Waals surface area contributed by atoms with E-state index in [-0.39, 0.29) is 16.3 Å². The summed E-state index contributed by atoms with van der Waals surface area (Å²) in [6.45, 7) is -0.200. The van der Waals surface area contributed by atoms with Crippen molar-refractivity contribution in [2.24, 2.45) is 5.92 Å². The fraction of sp³-hybridized carbons (Fsp3) is 0.875. The summed E-state index contributed by atoms with van der Waals surface area (Å²) < 4.78 is 36.1. The molecule has 0 saturated carbocycles. The maximum atomic E-state index is 12.0. The zero-order chi connectivity index (χ0) is 10.8. The van der Waals surface area contributed by atoms with E-state index in [4.69, 9.17) is 0 Å². The molecule has 1 unspecified atom stereocenters. The molecule has 0 aromatic carbocycles. The summed E-state index contributed by atoms with van der Waals surface area (Å²) in [5.74, 6) is -0.216. The second-order valence-corrected chi connectivity index (χ2v) is 4.56. The van der Waals surface area contributed by atoms with Gasteiger partial charge in [0.15, 0.2) is 3.79 Å². The lowest BCUT2D eigenvalue weighted by atomic mass is 10.00. The molecule has 0 radical (unpaired) electrons. The van der Waals surface area contributed by atoms with Gasteiger partial charge in [-0.2, -0.15) is 13.2 Å². The average Bonchev–Trinajstić information content (AvgIpc) is 2.01. The highest BCUT2D eigenvalue weighted by atomic mass is 127. The van der Waals surface area contributed by atoms with Crippen LogP contribution in [0.15, 0.2) is 0 Å². The van der Waals surface area contributed by atoms with E-state index < -0.39 is 12.7 Å². The third kappa shape index (κ3) is 4.12. The van der Waals surface area contributed by atoms with E-state index in [9.17, 15) is 18.0 Å². The van der Waals surface area contributed by atoms with Gasteiger partial charge >= 0.3 is 6.18 Å². The molecule has 0 amide bonds. The highest BCUT2D eigenvalue weighted by Gasteiger charge is 2.34. The molecular formula is C8H11F3INO. The molecule has 1 atom stereocenters. The third-order valence-electron chi connectivity index (χ3n) is 2.23. The van der Waals surface area contributed by atoms with Crippen molar-refractivity contribution in [2.75, 3.05) is 19.6 Å². The number of halogens is 4.